The summed E-state index contributed by atoms with van der Waals surface area (Å²) in [5.74, 6) is -1.00. The molecule has 0 aliphatic carbocycles. The molecular weight excluding hydrogens is 478 g/mol. The molecule has 3 rings (SSSR count). The van der Waals surface area contributed by atoms with Crippen molar-refractivity contribution in [1.29, 1.82) is 0 Å². The van der Waals surface area contributed by atoms with Gasteiger partial charge in [0.05, 0.1) is 18.1 Å². The van der Waals surface area contributed by atoms with Crippen LogP contribution >= 0.6 is 24.8 Å². The van der Waals surface area contributed by atoms with Gasteiger partial charge in [0.1, 0.15) is 5.75 Å². The van der Waals surface area contributed by atoms with E-state index in [1.165, 1.54) is 43.5 Å². The molecule has 0 saturated carbocycles. The minimum absolute atomic E-state index is 0. The van der Waals surface area contributed by atoms with E-state index in [1.54, 1.807) is 0 Å². The lowest BCUT2D eigenvalue weighted by atomic mass is 9.95. The Morgan fingerprint density at radius 3 is 2.22 bits per heavy atom. The molecule has 1 fully saturated rings. The average Bonchev–Trinajstić information content (AvgIpc) is 2.70. The number of phenols is 1. The molecule has 0 spiro atoms. The summed E-state index contributed by atoms with van der Waals surface area (Å²) in [6.07, 6.45) is -4.80. The first-order valence-electron chi connectivity index (χ1n) is 9.05. The molecule has 2 aromatic rings. The Labute approximate surface area is 194 Å². The van der Waals surface area contributed by atoms with Crippen molar-refractivity contribution in [3.05, 3.63) is 57.6 Å². The van der Waals surface area contributed by atoms with Crippen LogP contribution in [-0.2, 0) is 0 Å². The third-order valence-electron chi connectivity index (χ3n) is 4.76. The first-order valence-corrected chi connectivity index (χ1v) is 9.05. The van der Waals surface area contributed by atoms with Crippen LogP contribution in [0.3, 0.4) is 0 Å². The van der Waals surface area contributed by atoms with E-state index < -0.39 is 28.8 Å². The Bertz CT molecular complexity index is 910. The second-order valence-corrected chi connectivity index (χ2v) is 6.65. The molecule has 1 aliphatic heterocycles. The van der Waals surface area contributed by atoms with Gasteiger partial charge in [-0.2, -0.15) is 0 Å². The maximum absolute atomic E-state index is 12.5. The first-order chi connectivity index (χ1) is 14.2. The number of benzene rings is 2. The van der Waals surface area contributed by atoms with Crippen molar-refractivity contribution in [3.63, 3.8) is 0 Å². The number of alkyl halides is 3. The minimum atomic E-state index is -4.80. The van der Waals surface area contributed by atoms with Crippen LogP contribution in [0.4, 0.5) is 18.9 Å². The summed E-state index contributed by atoms with van der Waals surface area (Å²) < 4.78 is 46.4. The van der Waals surface area contributed by atoms with Gasteiger partial charge < -0.3 is 19.9 Å². The van der Waals surface area contributed by atoms with Gasteiger partial charge in [-0.25, -0.2) is 0 Å². The molecule has 13 heteroatoms. The van der Waals surface area contributed by atoms with E-state index in [1.807, 2.05) is 4.90 Å². The second kappa shape index (κ2) is 11.4. The number of ether oxygens (including phenoxy) is 2. The molecule has 1 heterocycles. The number of rotatable bonds is 6. The predicted molar refractivity (Wildman–Crippen MR) is 115 cm³/mol. The van der Waals surface area contributed by atoms with Gasteiger partial charge in [0.2, 0.25) is 5.75 Å². The SMILES string of the molecule is COc1cc([C@H](c2ccc(OC(F)(F)F)cc2)N2CCNCC2)cc([N+](=O)[O-])c1O.Cl.Cl. The average molecular weight is 500 g/mol. The fourth-order valence-corrected chi connectivity index (χ4v) is 3.47. The normalized spacial score (nSPS) is 15.1. The number of methoxy groups -OCH3 is 1. The van der Waals surface area contributed by atoms with Crippen LogP contribution in [0.5, 0.6) is 17.2 Å². The lowest BCUT2D eigenvalue weighted by molar-refractivity contribution is -0.386. The molecule has 32 heavy (non-hydrogen) atoms. The van der Waals surface area contributed by atoms with Crippen LogP contribution < -0.4 is 14.8 Å². The molecule has 1 atom stereocenters. The number of nitro benzene ring substituents is 1. The van der Waals surface area contributed by atoms with Gasteiger partial charge in [-0.05, 0) is 29.3 Å². The zero-order valence-corrected chi connectivity index (χ0v) is 18.4. The summed E-state index contributed by atoms with van der Waals surface area (Å²) in [5.41, 5.74) is 0.581. The topological polar surface area (TPSA) is 97.1 Å². The van der Waals surface area contributed by atoms with Gasteiger partial charge in [0, 0.05) is 32.2 Å². The van der Waals surface area contributed by atoms with E-state index in [0.29, 0.717) is 37.3 Å². The highest BCUT2D eigenvalue weighted by Crippen LogP contribution is 2.41. The van der Waals surface area contributed by atoms with Crippen LogP contribution in [0.2, 0.25) is 0 Å². The molecule has 0 radical (unpaired) electrons. The highest BCUT2D eigenvalue weighted by molar-refractivity contribution is 5.85. The van der Waals surface area contributed by atoms with Gasteiger partial charge in [0.25, 0.3) is 0 Å². The quantitative estimate of drug-likeness (QED) is 0.457. The number of piperazine rings is 1. The Hall–Kier alpha value is -2.47. The molecule has 8 nitrogen and oxygen atoms in total. The van der Waals surface area contributed by atoms with Gasteiger partial charge >= 0.3 is 12.0 Å². The van der Waals surface area contributed by atoms with Crippen molar-refractivity contribution in [2.45, 2.75) is 12.4 Å². The maximum Gasteiger partial charge on any atom is 0.573 e. The van der Waals surface area contributed by atoms with E-state index in [0.717, 1.165) is 0 Å². The number of hydrogen-bond acceptors (Lipinski definition) is 7. The molecule has 0 unspecified atom stereocenters. The number of aromatic hydroxyl groups is 1. The Kier molecular flexibility index (Phi) is 9.83. The van der Waals surface area contributed by atoms with Gasteiger partial charge in [-0.3, -0.25) is 15.0 Å². The molecule has 2 N–H and O–H groups in total. The number of nitrogens with zero attached hydrogens (tertiary/aromatic N) is 2. The van der Waals surface area contributed by atoms with Crippen LogP contribution in [-0.4, -0.2) is 54.6 Å². The van der Waals surface area contributed by atoms with Crippen LogP contribution in [0.1, 0.15) is 17.2 Å². The smallest absolute Gasteiger partial charge is 0.500 e. The number of nitro groups is 1. The van der Waals surface area contributed by atoms with E-state index in [-0.39, 0.29) is 36.3 Å². The van der Waals surface area contributed by atoms with Gasteiger partial charge in [-0.1, -0.05) is 12.1 Å². The van der Waals surface area contributed by atoms with Crippen molar-refractivity contribution in [1.82, 2.24) is 10.2 Å². The van der Waals surface area contributed by atoms with Crippen molar-refractivity contribution >= 4 is 30.5 Å². The fourth-order valence-electron chi connectivity index (χ4n) is 3.47. The molecular formula is C19H22Cl2F3N3O5. The lowest BCUT2D eigenvalue weighted by Crippen LogP contribution is -2.45. The van der Waals surface area contributed by atoms with E-state index >= 15 is 0 Å². The molecule has 1 saturated heterocycles. The first kappa shape index (κ1) is 27.6. The lowest BCUT2D eigenvalue weighted by Gasteiger charge is -2.35. The van der Waals surface area contributed by atoms with Crippen LogP contribution in [0.15, 0.2) is 36.4 Å². The Morgan fingerprint density at radius 1 is 1.12 bits per heavy atom. The van der Waals surface area contributed by atoms with E-state index in [4.69, 9.17) is 4.74 Å². The number of phenolic OH excluding ortho intramolecular Hbond substituents is 1. The summed E-state index contributed by atoms with van der Waals surface area (Å²) in [4.78, 5) is 12.7. The molecule has 0 amide bonds. The summed E-state index contributed by atoms with van der Waals surface area (Å²) in [6.45, 7) is 2.59. The van der Waals surface area contributed by atoms with Crippen molar-refractivity contribution in [3.8, 4) is 17.2 Å². The fraction of sp³-hybridized carbons (Fsp3) is 0.368. The molecule has 178 valence electrons. The molecule has 1 aliphatic rings. The van der Waals surface area contributed by atoms with E-state index in [2.05, 4.69) is 10.1 Å². The zero-order valence-electron chi connectivity index (χ0n) is 16.8. The van der Waals surface area contributed by atoms with Gasteiger partial charge in [0.15, 0.2) is 5.75 Å². The van der Waals surface area contributed by atoms with Crippen LogP contribution in [0.25, 0.3) is 0 Å². The molecule has 2 aromatic carbocycles. The monoisotopic (exact) mass is 499 g/mol. The minimum Gasteiger partial charge on any atom is -0.500 e. The van der Waals surface area contributed by atoms with Crippen LogP contribution in [0, 0.1) is 10.1 Å². The largest absolute Gasteiger partial charge is 0.573 e. The van der Waals surface area contributed by atoms with Gasteiger partial charge in [-0.15, -0.1) is 38.0 Å². The van der Waals surface area contributed by atoms with Crippen molar-refractivity contribution in [2.24, 2.45) is 0 Å². The highest BCUT2D eigenvalue weighted by Gasteiger charge is 2.32. The Balaban J connectivity index is 0.00000256. The summed E-state index contributed by atoms with van der Waals surface area (Å²) in [6, 6.07) is 7.62. The van der Waals surface area contributed by atoms with E-state index in [9.17, 15) is 28.4 Å². The zero-order chi connectivity index (χ0) is 21.9. The summed E-state index contributed by atoms with van der Waals surface area (Å²) in [5, 5.41) is 24.7. The highest BCUT2D eigenvalue weighted by atomic mass is 35.5. The summed E-state index contributed by atoms with van der Waals surface area (Å²) >= 11 is 0. The number of halogens is 5. The number of hydrogen-bond donors (Lipinski definition) is 2. The molecule has 0 bridgehead atoms. The summed E-state index contributed by atoms with van der Waals surface area (Å²) in [7, 11) is 1.28. The van der Waals surface area contributed by atoms with Crippen molar-refractivity contribution < 1.29 is 32.7 Å². The maximum atomic E-state index is 12.5. The third-order valence-corrected chi connectivity index (χ3v) is 4.76. The molecule has 0 aromatic heterocycles. The third kappa shape index (κ3) is 6.52. The Morgan fingerprint density at radius 2 is 1.72 bits per heavy atom. The van der Waals surface area contributed by atoms with Crippen molar-refractivity contribution in [2.75, 3.05) is 33.3 Å². The standard InChI is InChI=1S/C19H20F3N3O5.2ClH/c1-29-16-11-13(10-15(18(16)26)25(27)28)17(24-8-6-23-7-9-24)12-2-4-14(5-3-12)30-19(20,21)22;;/h2-5,10-11,17,23,26H,6-9H2,1H3;2*1H/t17-;;/m0../s1. The number of nitrogens with one attached hydrogen (secondary N) is 1. The predicted octanol–water partition coefficient (Wildman–Crippen LogP) is 4.05. The second-order valence-electron chi connectivity index (χ2n) is 6.65.